The second-order valence-electron chi connectivity index (χ2n) is 5.93. The number of aliphatic hydroxyl groups is 1. The minimum absolute atomic E-state index is 0.00626. The first-order chi connectivity index (χ1) is 10.1. The standard InChI is InChI=1S/C16H23ClN2O3/c1-10(2)16(4,22)9-18-14(20)11(3)19-15(21)12-5-7-13(17)8-6-12/h5-8,10-11,22H,9H2,1-4H3,(H,18,20)(H,19,21). The Hall–Kier alpha value is -1.59. The third kappa shape index (κ3) is 5.31. The number of hydrogen-bond donors (Lipinski definition) is 3. The van der Waals surface area contributed by atoms with E-state index in [9.17, 15) is 14.7 Å². The molecule has 22 heavy (non-hydrogen) atoms. The molecule has 2 unspecified atom stereocenters. The number of nitrogens with one attached hydrogen (secondary N) is 2. The predicted octanol–water partition coefficient (Wildman–Crippen LogP) is 1.98. The van der Waals surface area contributed by atoms with E-state index in [2.05, 4.69) is 10.6 Å². The summed E-state index contributed by atoms with van der Waals surface area (Å²) in [6, 6.07) is 5.70. The van der Waals surface area contributed by atoms with Gasteiger partial charge in [0.15, 0.2) is 0 Å². The first-order valence-corrected chi connectivity index (χ1v) is 7.58. The van der Waals surface area contributed by atoms with Crippen LogP contribution < -0.4 is 10.6 Å². The van der Waals surface area contributed by atoms with Crippen molar-refractivity contribution in [2.45, 2.75) is 39.3 Å². The van der Waals surface area contributed by atoms with Crippen LogP contribution in [0.25, 0.3) is 0 Å². The zero-order valence-electron chi connectivity index (χ0n) is 13.3. The van der Waals surface area contributed by atoms with Gasteiger partial charge in [-0.2, -0.15) is 0 Å². The Kier molecular flexibility index (Phi) is 6.38. The second-order valence-corrected chi connectivity index (χ2v) is 6.37. The molecule has 0 radical (unpaired) electrons. The van der Waals surface area contributed by atoms with E-state index in [-0.39, 0.29) is 24.3 Å². The summed E-state index contributed by atoms with van der Waals surface area (Å²) in [5.41, 5.74) is -0.562. The summed E-state index contributed by atoms with van der Waals surface area (Å²) in [5.74, 6) is -0.690. The average Bonchev–Trinajstić information content (AvgIpc) is 2.45. The first kappa shape index (κ1) is 18.5. The summed E-state index contributed by atoms with van der Waals surface area (Å²) in [6.07, 6.45) is 0. The van der Waals surface area contributed by atoms with Crippen molar-refractivity contribution in [3.63, 3.8) is 0 Å². The van der Waals surface area contributed by atoms with Crippen molar-refractivity contribution in [2.24, 2.45) is 5.92 Å². The van der Waals surface area contributed by atoms with Gasteiger partial charge in [0.25, 0.3) is 5.91 Å². The molecule has 0 saturated carbocycles. The highest BCUT2D eigenvalue weighted by molar-refractivity contribution is 6.30. The van der Waals surface area contributed by atoms with Crippen LogP contribution in [0.2, 0.25) is 5.02 Å². The normalized spacial score (nSPS) is 15.0. The number of rotatable bonds is 6. The van der Waals surface area contributed by atoms with Gasteiger partial charge >= 0.3 is 0 Å². The van der Waals surface area contributed by atoms with Crippen molar-refractivity contribution in [3.05, 3.63) is 34.9 Å². The largest absolute Gasteiger partial charge is 0.388 e. The van der Waals surface area contributed by atoms with Crippen LogP contribution >= 0.6 is 11.6 Å². The highest BCUT2D eigenvalue weighted by Crippen LogP contribution is 2.14. The summed E-state index contributed by atoms with van der Waals surface area (Å²) in [5, 5.41) is 15.9. The lowest BCUT2D eigenvalue weighted by Gasteiger charge is -2.28. The number of hydrogen-bond acceptors (Lipinski definition) is 3. The lowest BCUT2D eigenvalue weighted by atomic mass is 9.92. The summed E-state index contributed by atoms with van der Waals surface area (Å²) < 4.78 is 0. The molecule has 0 aromatic heterocycles. The quantitative estimate of drug-likeness (QED) is 0.748. The molecule has 122 valence electrons. The number of carbonyl (C=O) groups excluding carboxylic acids is 2. The smallest absolute Gasteiger partial charge is 0.251 e. The van der Waals surface area contributed by atoms with Crippen LogP contribution in [0.5, 0.6) is 0 Å². The fourth-order valence-electron chi connectivity index (χ4n) is 1.57. The highest BCUT2D eigenvalue weighted by atomic mass is 35.5. The Labute approximate surface area is 136 Å². The predicted molar refractivity (Wildman–Crippen MR) is 86.9 cm³/mol. The molecular formula is C16H23ClN2O3. The summed E-state index contributed by atoms with van der Waals surface area (Å²) in [4.78, 5) is 24.0. The molecule has 3 N–H and O–H groups in total. The van der Waals surface area contributed by atoms with Crippen LogP contribution in [0.15, 0.2) is 24.3 Å². The molecule has 0 fully saturated rings. The molecule has 5 nitrogen and oxygen atoms in total. The van der Waals surface area contributed by atoms with Crippen molar-refractivity contribution < 1.29 is 14.7 Å². The van der Waals surface area contributed by atoms with Gasteiger partial charge in [0, 0.05) is 17.1 Å². The maximum atomic E-state index is 12.0. The average molecular weight is 327 g/mol. The van der Waals surface area contributed by atoms with Gasteiger partial charge in [-0.25, -0.2) is 0 Å². The number of carbonyl (C=O) groups is 2. The lowest BCUT2D eigenvalue weighted by Crippen LogP contribution is -2.50. The molecule has 0 saturated heterocycles. The van der Waals surface area contributed by atoms with Crippen molar-refractivity contribution >= 4 is 23.4 Å². The number of amides is 2. The van der Waals surface area contributed by atoms with E-state index in [1.807, 2.05) is 13.8 Å². The van der Waals surface area contributed by atoms with Gasteiger partial charge in [-0.05, 0) is 44.0 Å². The van der Waals surface area contributed by atoms with E-state index in [0.29, 0.717) is 10.6 Å². The van der Waals surface area contributed by atoms with Crippen LogP contribution in [-0.2, 0) is 4.79 Å². The van der Waals surface area contributed by atoms with E-state index >= 15 is 0 Å². The van der Waals surface area contributed by atoms with Gasteiger partial charge in [0.05, 0.1) is 5.60 Å². The molecule has 0 spiro atoms. The van der Waals surface area contributed by atoms with Crippen molar-refractivity contribution in [2.75, 3.05) is 6.54 Å². The molecule has 2 atom stereocenters. The fraction of sp³-hybridized carbons (Fsp3) is 0.500. The Balaban J connectivity index is 2.54. The van der Waals surface area contributed by atoms with Crippen molar-refractivity contribution in [3.8, 4) is 0 Å². The summed E-state index contributed by atoms with van der Waals surface area (Å²) >= 11 is 5.76. The molecule has 1 aromatic rings. The van der Waals surface area contributed by atoms with E-state index in [4.69, 9.17) is 11.6 Å². The van der Waals surface area contributed by atoms with Gasteiger partial charge in [0.1, 0.15) is 6.04 Å². The zero-order chi connectivity index (χ0) is 16.9. The van der Waals surface area contributed by atoms with E-state index < -0.39 is 11.6 Å². The molecule has 0 bridgehead atoms. The molecule has 0 aliphatic rings. The zero-order valence-corrected chi connectivity index (χ0v) is 14.1. The van der Waals surface area contributed by atoms with Crippen LogP contribution in [0.3, 0.4) is 0 Å². The van der Waals surface area contributed by atoms with Gasteiger partial charge < -0.3 is 15.7 Å². The molecule has 0 heterocycles. The maximum Gasteiger partial charge on any atom is 0.251 e. The van der Waals surface area contributed by atoms with Gasteiger partial charge in [-0.3, -0.25) is 9.59 Å². The van der Waals surface area contributed by atoms with E-state index in [0.717, 1.165) is 0 Å². The highest BCUT2D eigenvalue weighted by Gasteiger charge is 2.26. The Morgan fingerprint density at radius 1 is 1.23 bits per heavy atom. The second kappa shape index (κ2) is 7.61. The third-order valence-electron chi connectivity index (χ3n) is 3.71. The van der Waals surface area contributed by atoms with Gasteiger partial charge in [-0.15, -0.1) is 0 Å². The van der Waals surface area contributed by atoms with Crippen molar-refractivity contribution in [1.29, 1.82) is 0 Å². The van der Waals surface area contributed by atoms with Gasteiger partial charge in [0.2, 0.25) is 5.91 Å². The van der Waals surface area contributed by atoms with Gasteiger partial charge in [-0.1, -0.05) is 25.4 Å². The monoisotopic (exact) mass is 326 g/mol. The molecule has 0 aliphatic carbocycles. The number of halogens is 1. The summed E-state index contributed by atoms with van der Waals surface area (Å²) in [6.45, 7) is 7.13. The van der Waals surface area contributed by atoms with Crippen molar-refractivity contribution in [1.82, 2.24) is 10.6 Å². The SMILES string of the molecule is CC(NC(=O)c1ccc(Cl)cc1)C(=O)NCC(C)(O)C(C)C. The molecule has 2 amide bonds. The Morgan fingerprint density at radius 3 is 2.27 bits per heavy atom. The fourth-order valence-corrected chi connectivity index (χ4v) is 1.70. The molecule has 1 rings (SSSR count). The third-order valence-corrected chi connectivity index (χ3v) is 3.96. The Bertz CT molecular complexity index is 527. The lowest BCUT2D eigenvalue weighted by molar-refractivity contribution is -0.124. The molecule has 0 aliphatic heterocycles. The van der Waals surface area contributed by atoms with Crippen LogP contribution in [0, 0.1) is 5.92 Å². The Morgan fingerprint density at radius 2 is 1.77 bits per heavy atom. The van der Waals surface area contributed by atoms with Crippen LogP contribution in [-0.4, -0.2) is 35.1 Å². The minimum Gasteiger partial charge on any atom is -0.388 e. The number of benzene rings is 1. The van der Waals surface area contributed by atoms with Crippen LogP contribution in [0.1, 0.15) is 38.1 Å². The topological polar surface area (TPSA) is 78.4 Å². The van der Waals surface area contributed by atoms with Crippen LogP contribution in [0.4, 0.5) is 0 Å². The first-order valence-electron chi connectivity index (χ1n) is 7.20. The van der Waals surface area contributed by atoms with E-state index in [1.54, 1.807) is 38.1 Å². The summed E-state index contributed by atoms with van der Waals surface area (Å²) in [7, 11) is 0. The maximum absolute atomic E-state index is 12.0. The van der Waals surface area contributed by atoms with E-state index in [1.165, 1.54) is 0 Å². The molecule has 6 heteroatoms. The molecular weight excluding hydrogens is 304 g/mol. The molecule has 1 aromatic carbocycles. The minimum atomic E-state index is -0.991.